The minimum atomic E-state index is -3.67. The van der Waals surface area contributed by atoms with E-state index in [1.807, 2.05) is 18.2 Å². The van der Waals surface area contributed by atoms with Gasteiger partial charge in [0.1, 0.15) is 0 Å². The fourth-order valence-corrected chi connectivity index (χ4v) is 3.52. The number of rotatable bonds is 7. The van der Waals surface area contributed by atoms with Gasteiger partial charge in [-0.15, -0.1) is 0 Å². The molecular formula is C15H18BNO4S. The molecule has 0 aliphatic heterocycles. The Morgan fingerprint density at radius 1 is 0.909 bits per heavy atom. The molecule has 2 aromatic rings. The van der Waals surface area contributed by atoms with E-state index in [2.05, 4.69) is 4.72 Å². The number of hydrogen-bond acceptors (Lipinski definition) is 4. The maximum Gasteiger partial charge on any atom is 0.471 e. The Morgan fingerprint density at radius 2 is 1.41 bits per heavy atom. The SMILES string of the molecule is O=S(=O)(Cc1ccccc1)NC(Cc1ccccc1)B(O)O. The lowest BCUT2D eigenvalue weighted by molar-refractivity contribution is 0.379. The van der Waals surface area contributed by atoms with E-state index >= 15 is 0 Å². The van der Waals surface area contributed by atoms with E-state index < -0.39 is 23.1 Å². The summed E-state index contributed by atoms with van der Waals surface area (Å²) in [7, 11) is -5.44. The maximum absolute atomic E-state index is 12.2. The highest BCUT2D eigenvalue weighted by Gasteiger charge is 2.28. The molecule has 0 heterocycles. The first kappa shape index (κ1) is 16.7. The smallest absolute Gasteiger partial charge is 0.426 e. The summed E-state index contributed by atoms with van der Waals surface area (Å²) >= 11 is 0. The van der Waals surface area contributed by atoms with Crippen LogP contribution in [0.25, 0.3) is 0 Å². The Labute approximate surface area is 130 Å². The second-order valence-electron chi connectivity index (χ2n) is 5.07. The van der Waals surface area contributed by atoms with Crippen LogP contribution in [0.4, 0.5) is 0 Å². The molecule has 0 bridgehead atoms. The molecule has 1 atom stereocenters. The predicted molar refractivity (Wildman–Crippen MR) is 86.3 cm³/mol. The predicted octanol–water partition coefficient (Wildman–Crippen LogP) is 0.729. The molecule has 7 heteroatoms. The summed E-state index contributed by atoms with van der Waals surface area (Å²) in [4.78, 5) is 0. The topological polar surface area (TPSA) is 86.6 Å². The highest BCUT2D eigenvalue weighted by atomic mass is 32.2. The Hall–Kier alpha value is -1.67. The van der Waals surface area contributed by atoms with Crippen molar-refractivity contribution in [2.24, 2.45) is 0 Å². The van der Waals surface area contributed by atoms with E-state index in [1.54, 1.807) is 42.5 Å². The van der Waals surface area contributed by atoms with E-state index in [9.17, 15) is 18.5 Å². The van der Waals surface area contributed by atoms with Gasteiger partial charge in [-0.3, -0.25) is 0 Å². The van der Waals surface area contributed by atoms with Gasteiger partial charge in [0.15, 0.2) is 0 Å². The summed E-state index contributed by atoms with van der Waals surface area (Å²) in [5, 5.41) is 18.9. The lowest BCUT2D eigenvalue weighted by Crippen LogP contribution is -2.48. The van der Waals surface area contributed by atoms with Gasteiger partial charge in [-0.05, 0) is 17.5 Å². The maximum atomic E-state index is 12.2. The zero-order valence-electron chi connectivity index (χ0n) is 12.0. The first-order valence-electron chi connectivity index (χ1n) is 6.90. The van der Waals surface area contributed by atoms with Crippen molar-refractivity contribution in [1.29, 1.82) is 0 Å². The van der Waals surface area contributed by atoms with Gasteiger partial charge in [0.2, 0.25) is 10.0 Å². The van der Waals surface area contributed by atoms with Crippen molar-refractivity contribution in [3.63, 3.8) is 0 Å². The molecular weight excluding hydrogens is 301 g/mol. The molecule has 2 rings (SSSR count). The van der Waals surface area contributed by atoms with Crippen LogP contribution in [0.15, 0.2) is 60.7 Å². The van der Waals surface area contributed by atoms with Crippen LogP contribution in [0.2, 0.25) is 0 Å². The number of sulfonamides is 1. The molecule has 0 saturated carbocycles. The lowest BCUT2D eigenvalue weighted by atomic mass is 9.77. The van der Waals surface area contributed by atoms with Gasteiger partial charge in [-0.25, -0.2) is 13.1 Å². The fourth-order valence-electron chi connectivity index (χ4n) is 2.14. The van der Waals surface area contributed by atoms with Crippen LogP contribution >= 0.6 is 0 Å². The highest BCUT2D eigenvalue weighted by molar-refractivity contribution is 7.88. The lowest BCUT2D eigenvalue weighted by Gasteiger charge is -2.18. The molecule has 2 aromatic carbocycles. The third kappa shape index (κ3) is 5.27. The Bertz CT molecular complexity index is 677. The van der Waals surface area contributed by atoms with Crippen molar-refractivity contribution in [1.82, 2.24) is 4.72 Å². The minimum absolute atomic E-state index is 0.201. The molecule has 0 aliphatic rings. The third-order valence-corrected chi connectivity index (χ3v) is 4.56. The molecule has 3 N–H and O–H groups in total. The molecule has 5 nitrogen and oxygen atoms in total. The molecule has 0 aliphatic carbocycles. The van der Waals surface area contributed by atoms with E-state index in [0.29, 0.717) is 5.56 Å². The van der Waals surface area contributed by atoms with Gasteiger partial charge in [-0.2, -0.15) is 0 Å². The van der Waals surface area contributed by atoms with Gasteiger partial charge in [0, 0.05) is 0 Å². The number of hydrogen-bond donors (Lipinski definition) is 3. The van der Waals surface area contributed by atoms with Gasteiger partial charge in [-0.1, -0.05) is 60.7 Å². The van der Waals surface area contributed by atoms with Crippen LogP contribution in [0.3, 0.4) is 0 Å². The van der Waals surface area contributed by atoms with E-state index in [0.717, 1.165) is 5.56 Å². The van der Waals surface area contributed by atoms with Crippen LogP contribution in [-0.4, -0.2) is 31.5 Å². The van der Waals surface area contributed by atoms with Gasteiger partial charge < -0.3 is 10.0 Å². The largest absolute Gasteiger partial charge is 0.471 e. The minimum Gasteiger partial charge on any atom is -0.426 e. The van der Waals surface area contributed by atoms with Crippen LogP contribution in [0.5, 0.6) is 0 Å². The summed E-state index contributed by atoms with van der Waals surface area (Å²) < 4.78 is 26.7. The van der Waals surface area contributed by atoms with E-state index in [4.69, 9.17) is 0 Å². The zero-order chi connectivity index (χ0) is 16.0. The third-order valence-electron chi connectivity index (χ3n) is 3.19. The summed E-state index contributed by atoms with van der Waals surface area (Å²) in [5.74, 6) is -1.19. The molecule has 116 valence electrons. The Kier molecular flexibility index (Phi) is 5.73. The van der Waals surface area contributed by atoms with Crippen molar-refractivity contribution >= 4 is 17.1 Å². The number of nitrogens with one attached hydrogen (secondary N) is 1. The zero-order valence-corrected chi connectivity index (χ0v) is 12.8. The van der Waals surface area contributed by atoms with Gasteiger partial charge in [0.05, 0.1) is 11.7 Å². The molecule has 0 fully saturated rings. The van der Waals surface area contributed by atoms with Crippen LogP contribution in [-0.2, 0) is 22.2 Å². The molecule has 0 saturated heterocycles. The average Bonchev–Trinajstić information content (AvgIpc) is 2.48. The first-order chi connectivity index (χ1) is 10.5. The molecule has 0 aromatic heterocycles. The second-order valence-corrected chi connectivity index (χ2v) is 6.83. The monoisotopic (exact) mass is 319 g/mol. The summed E-state index contributed by atoms with van der Waals surface area (Å²) in [6.07, 6.45) is 0.201. The van der Waals surface area contributed by atoms with Gasteiger partial charge in [0.25, 0.3) is 0 Å². The van der Waals surface area contributed by atoms with Crippen LogP contribution < -0.4 is 4.72 Å². The van der Waals surface area contributed by atoms with Crippen LogP contribution in [0.1, 0.15) is 11.1 Å². The van der Waals surface area contributed by atoms with Crippen molar-refractivity contribution in [3.05, 3.63) is 71.8 Å². The summed E-state index contributed by atoms with van der Waals surface area (Å²) in [5.41, 5.74) is 1.46. The van der Waals surface area contributed by atoms with Crippen molar-refractivity contribution in [3.8, 4) is 0 Å². The molecule has 0 amide bonds. The summed E-state index contributed by atoms with van der Waals surface area (Å²) in [6.45, 7) is 0. The molecule has 22 heavy (non-hydrogen) atoms. The van der Waals surface area contributed by atoms with E-state index in [1.165, 1.54) is 0 Å². The normalized spacial score (nSPS) is 12.8. The standard InChI is InChI=1S/C15H18BNO4S/c18-16(19)15(11-13-7-3-1-4-8-13)17-22(20,21)12-14-9-5-2-6-10-14/h1-10,15,17-19H,11-12H2. The quantitative estimate of drug-likeness (QED) is 0.657. The van der Waals surface area contributed by atoms with Gasteiger partial charge >= 0.3 is 7.12 Å². The number of benzene rings is 2. The van der Waals surface area contributed by atoms with Crippen LogP contribution in [0, 0.1) is 0 Å². The van der Waals surface area contributed by atoms with Crippen molar-refractivity contribution < 1.29 is 18.5 Å². The second kappa shape index (κ2) is 7.55. The Morgan fingerprint density at radius 3 is 1.91 bits per heavy atom. The van der Waals surface area contributed by atoms with Crippen molar-refractivity contribution in [2.75, 3.05) is 0 Å². The first-order valence-corrected chi connectivity index (χ1v) is 8.55. The molecule has 1 unspecified atom stereocenters. The Balaban J connectivity index is 2.07. The fraction of sp³-hybridized carbons (Fsp3) is 0.200. The average molecular weight is 319 g/mol. The molecule has 0 spiro atoms. The van der Waals surface area contributed by atoms with E-state index in [-0.39, 0.29) is 12.2 Å². The van der Waals surface area contributed by atoms with Crippen molar-refractivity contribution in [2.45, 2.75) is 18.1 Å². The highest BCUT2D eigenvalue weighted by Crippen LogP contribution is 2.08. The molecule has 0 radical (unpaired) electrons. The summed E-state index contributed by atoms with van der Waals surface area (Å²) in [6, 6.07) is 17.8.